The van der Waals surface area contributed by atoms with Crippen molar-refractivity contribution >= 4 is 40.3 Å². The van der Waals surface area contributed by atoms with Gasteiger partial charge in [0.15, 0.2) is 0 Å². The maximum absolute atomic E-state index is 14.1. The van der Waals surface area contributed by atoms with Crippen LogP contribution in [0, 0.1) is 5.82 Å². The zero-order valence-electron chi connectivity index (χ0n) is 12.0. The van der Waals surface area contributed by atoms with Gasteiger partial charge < -0.3 is 10.6 Å². The summed E-state index contributed by atoms with van der Waals surface area (Å²) in [7, 11) is 0. The molecule has 110 valence electrons. The number of para-hydroxylation sites is 1. The fourth-order valence-corrected chi connectivity index (χ4v) is 3.22. The zero-order chi connectivity index (χ0) is 15.4. The Bertz CT molecular complexity index is 658. The average molecular weight is 320 g/mol. The lowest BCUT2D eigenvalue weighted by atomic mass is 10.1. The smallest absolute Gasteiger partial charge is 0.146 e. The molecule has 0 atom stereocenters. The maximum atomic E-state index is 14.1. The van der Waals surface area contributed by atoms with Crippen molar-refractivity contribution in [3.05, 3.63) is 53.8 Å². The summed E-state index contributed by atoms with van der Waals surface area (Å²) in [6, 6.07) is 12.5. The third-order valence-electron chi connectivity index (χ3n) is 3.22. The molecule has 0 amide bonds. The fourth-order valence-electron chi connectivity index (χ4n) is 2.30. The lowest BCUT2D eigenvalue weighted by Crippen LogP contribution is -2.22. The summed E-state index contributed by atoms with van der Waals surface area (Å²) in [4.78, 5) is 3.21. The summed E-state index contributed by atoms with van der Waals surface area (Å²) in [6.45, 7) is 2.59. The van der Waals surface area contributed by atoms with E-state index in [0.29, 0.717) is 17.2 Å². The highest BCUT2D eigenvalue weighted by atomic mass is 32.2. The van der Waals surface area contributed by atoms with Gasteiger partial charge in [-0.1, -0.05) is 30.4 Å². The Morgan fingerprint density at radius 1 is 1.19 bits per heavy atom. The highest BCUT2D eigenvalue weighted by Crippen LogP contribution is 2.34. The van der Waals surface area contributed by atoms with E-state index in [4.69, 9.17) is 18.0 Å². The van der Waals surface area contributed by atoms with Crippen LogP contribution in [0.1, 0.15) is 12.5 Å². The van der Waals surface area contributed by atoms with Crippen LogP contribution in [0.4, 0.5) is 15.8 Å². The van der Waals surface area contributed by atoms with E-state index in [1.807, 2.05) is 42.3 Å². The van der Waals surface area contributed by atoms with Crippen LogP contribution in [0.25, 0.3) is 0 Å². The topological polar surface area (TPSA) is 29.3 Å². The number of hydrogen-bond donors (Lipinski definition) is 1. The van der Waals surface area contributed by atoms with Crippen LogP contribution < -0.4 is 10.6 Å². The lowest BCUT2D eigenvalue weighted by molar-refractivity contribution is 0.625. The van der Waals surface area contributed by atoms with Crippen molar-refractivity contribution in [1.82, 2.24) is 0 Å². The van der Waals surface area contributed by atoms with E-state index < -0.39 is 0 Å². The molecule has 0 bridgehead atoms. The number of thioether (sulfide) groups is 1. The average Bonchev–Trinajstić information content (AvgIpc) is 2.49. The summed E-state index contributed by atoms with van der Waals surface area (Å²) < 4.78 is 14.1. The van der Waals surface area contributed by atoms with Gasteiger partial charge in [-0.15, -0.1) is 11.8 Å². The number of hydrogen-bond acceptors (Lipinski definition) is 3. The summed E-state index contributed by atoms with van der Waals surface area (Å²) in [5, 5.41) is 0. The number of halogens is 1. The predicted molar refractivity (Wildman–Crippen MR) is 93.2 cm³/mol. The largest absolute Gasteiger partial charge is 0.389 e. The lowest BCUT2D eigenvalue weighted by Gasteiger charge is -2.27. The molecule has 0 aromatic heterocycles. The molecular weight excluding hydrogens is 303 g/mol. The quantitative estimate of drug-likeness (QED) is 0.655. The molecule has 2 rings (SSSR count). The Morgan fingerprint density at radius 3 is 2.43 bits per heavy atom. The Morgan fingerprint density at radius 2 is 1.86 bits per heavy atom. The summed E-state index contributed by atoms with van der Waals surface area (Å²) in [5.74, 6) is -0.261. The molecule has 0 saturated heterocycles. The molecule has 2 nitrogen and oxygen atoms in total. The highest BCUT2D eigenvalue weighted by molar-refractivity contribution is 7.98. The van der Waals surface area contributed by atoms with Crippen molar-refractivity contribution in [1.29, 1.82) is 0 Å². The van der Waals surface area contributed by atoms with E-state index in [0.717, 1.165) is 16.1 Å². The molecule has 2 aromatic rings. The van der Waals surface area contributed by atoms with Gasteiger partial charge in [0.05, 0.1) is 11.4 Å². The third kappa shape index (κ3) is 3.19. The second-order valence-electron chi connectivity index (χ2n) is 4.41. The monoisotopic (exact) mass is 320 g/mol. The highest BCUT2D eigenvalue weighted by Gasteiger charge is 2.18. The van der Waals surface area contributed by atoms with Gasteiger partial charge in [-0.05, 0) is 37.4 Å². The first-order valence-corrected chi connectivity index (χ1v) is 8.22. The second kappa shape index (κ2) is 6.91. The molecule has 2 aromatic carbocycles. The first kappa shape index (κ1) is 15.8. The Labute approximate surface area is 134 Å². The van der Waals surface area contributed by atoms with Gasteiger partial charge in [-0.3, -0.25) is 0 Å². The van der Waals surface area contributed by atoms with Crippen LogP contribution in [-0.2, 0) is 0 Å². The molecule has 21 heavy (non-hydrogen) atoms. The first-order valence-electron chi connectivity index (χ1n) is 6.59. The Hall–Kier alpha value is -1.59. The van der Waals surface area contributed by atoms with E-state index in [1.165, 1.54) is 6.07 Å². The Kier molecular flexibility index (Phi) is 5.20. The van der Waals surface area contributed by atoms with Crippen molar-refractivity contribution in [2.75, 3.05) is 17.7 Å². The molecule has 0 aliphatic carbocycles. The molecule has 0 radical (unpaired) electrons. The van der Waals surface area contributed by atoms with Crippen LogP contribution >= 0.6 is 24.0 Å². The predicted octanol–water partition coefficient (Wildman–Crippen LogP) is 4.34. The van der Waals surface area contributed by atoms with Gasteiger partial charge >= 0.3 is 0 Å². The van der Waals surface area contributed by atoms with E-state index in [1.54, 1.807) is 23.9 Å². The van der Waals surface area contributed by atoms with E-state index >= 15 is 0 Å². The molecule has 0 heterocycles. The van der Waals surface area contributed by atoms with Crippen LogP contribution in [0.2, 0.25) is 0 Å². The van der Waals surface area contributed by atoms with Crippen molar-refractivity contribution < 1.29 is 4.39 Å². The number of nitrogens with two attached hydrogens (primary N) is 1. The van der Waals surface area contributed by atoms with Gasteiger partial charge in [-0.2, -0.15) is 0 Å². The summed E-state index contributed by atoms with van der Waals surface area (Å²) in [6.07, 6.45) is 1.97. The first-order chi connectivity index (χ1) is 10.1. The SMILES string of the molecule is CCN(c1ccccc1F)c1cccc(SC)c1C(N)=S. The van der Waals surface area contributed by atoms with Crippen LogP contribution in [0.15, 0.2) is 47.4 Å². The standard InChI is InChI=1S/C16H17FN2S2/c1-3-19(12-8-5-4-7-11(12)17)13-9-6-10-14(21-2)15(13)16(18)20/h4-10H,3H2,1-2H3,(H2,18,20). The molecule has 5 heteroatoms. The number of nitrogens with zero attached hydrogens (tertiary/aromatic N) is 1. The van der Waals surface area contributed by atoms with Gasteiger partial charge in [0.25, 0.3) is 0 Å². The number of thiocarbonyl (C=S) groups is 1. The zero-order valence-corrected chi connectivity index (χ0v) is 13.6. The van der Waals surface area contributed by atoms with Gasteiger partial charge in [0.2, 0.25) is 0 Å². The van der Waals surface area contributed by atoms with Crippen molar-refractivity contribution in [3.63, 3.8) is 0 Å². The molecule has 0 saturated carbocycles. The summed E-state index contributed by atoms with van der Waals surface area (Å²) in [5.41, 5.74) is 8.05. The minimum atomic E-state index is -0.261. The van der Waals surface area contributed by atoms with Gasteiger partial charge in [0.1, 0.15) is 10.8 Å². The maximum Gasteiger partial charge on any atom is 0.146 e. The van der Waals surface area contributed by atoms with E-state index in [-0.39, 0.29) is 5.82 Å². The van der Waals surface area contributed by atoms with Gasteiger partial charge in [0, 0.05) is 17.0 Å². The fraction of sp³-hybridized carbons (Fsp3) is 0.188. The molecule has 0 aliphatic heterocycles. The van der Waals surface area contributed by atoms with Crippen molar-refractivity contribution in [2.45, 2.75) is 11.8 Å². The Balaban J connectivity index is 2.63. The van der Waals surface area contributed by atoms with Crippen molar-refractivity contribution in [3.8, 4) is 0 Å². The molecule has 0 aliphatic rings. The molecule has 0 spiro atoms. The molecule has 2 N–H and O–H groups in total. The molecule has 0 fully saturated rings. The van der Waals surface area contributed by atoms with E-state index in [9.17, 15) is 4.39 Å². The van der Waals surface area contributed by atoms with Crippen molar-refractivity contribution in [2.24, 2.45) is 5.73 Å². The molecular formula is C16H17FN2S2. The number of rotatable bonds is 5. The van der Waals surface area contributed by atoms with Crippen LogP contribution in [0.3, 0.4) is 0 Å². The van der Waals surface area contributed by atoms with Crippen LogP contribution in [0.5, 0.6) is 0 Å². The number of anilines is 2. The minimum Gasteiger partial charge on any atom is -0.389 e. The van der Waals surface area contributed by atoms with E-state index in [2.05, 4.69) is 0 Å². The third-order valence-corrected chi connectivity index (χ3v) is 4.20. The minimum absolute atomic E-state index is 0.261. The second-order valence-corrected chi connectivity index (χ2v) is 5.70. The summed E-state index contributed by atoms with van der Waals surface area (Å²) >= 11 is 6.77. The number of benzene rings is 2. The van der Waals surface area contributed by atoms with Gasteiger partial charge in [-0.25, -0.2) is 4.39 Å². The van der Waals surface area contributed by atoms with Crippen LogP contribution in [-0.4, -0.2) is 17.8 Å². The molecule has 0 unspecified atom stereocenters. The normalized spacial score (nSPS) is 10.4.